The quantitative estimate of drug-likeness (QED) is 0.202. The molecule has 2 unspecified atom stereocenters. The molecule has 0 radical (unpaired) electrons. The molecule has 0 aliphatic heterocycles. The van der Waals surface area contributed by atoms with Gasteiger partial charge < -0.3 is 9.47 Å². The zero-order chi connectivity index (χ0) is 23.8. The lowest BCUT2D eigenvalue weighted by atomic mass is 9.94. The van der Waals surface area contributed by atoms with E-state index in [2.05, 4.69) is 62.4 Å². The van der Waals surface area contributed by atoms with Gasteiger partial charge in [0, 0.05) is 0 Å². The molecule has 4 aromatic carbocycles. The van der Waals surface area contributed by atoms with Crippen molar-refractivity contribution in [3.63, 3.8) is 0 Å². The fourth-order valence-corrected chi connectivity index (χ4v) is 4.11. The molecule has 4 aromatic rings. The van der Waals surface area contributed by atoms with Gasteiger partial charge >= 0.3 is 6.16 Å². The van der Waals surface area contributed by atoms with Crippen LogP contribution in [0.2, 0.25) is 0 Å². The van der Waals surface area contributed by atoms with E-state index in [1.807, 2.05) is 60.7 Å². The van der Waals surface area contributed by atoms with Crippen LogP contribution in [0.1, 0.15) is 47.9 Å². The molecule has 0 aromatic heterocycles. The maximum atomic E-state index is 12.2. The first-order chi connectivity index (χ1) is 16.6. The van der Waals surface area contributed by atoms with E-state index >= 15 is 0 Å². The van der Waals surface area contributed by atoms with Crippen molar-refractivity contribution in [2.45, 2.75) is 38.5 Å². The molecule has 0 bridgehead atoms. The molecule has 3 nitrogen and oxygen atoms in total. The fraction of sp³-hybridized carbons (Fsp3) is 0.194. The first kappa shape index (κ1) is 23.3. The van der Waals surface area contributed by atoms with Gasteiger partial charge in [0.1, 0.15) is 11.5 Å². The predicted molar refractivity (Wildman–Crippen MR) is 137 cm³/mol. The van der Waals surface area contributed by atoms with Crippen LogP contribution >= 0.6 is 0 Å². The van der Waals surface area contributed by atoms with Crippen molar-refractivity contribution in [1.82, 2.24) is 0 Å². The molecular formula is C31H30O3. The molecule has 0 N–H and O–H groups in total. The van der Waals surface area contributed by atoms with Crippen molar-refractivity contribution in [1.29, 1.82) is 0 Å². The second kappa shape index (κ2) is 11.3. The highest BCUT2D eigenvalue weighted by Crippen LogP contribution is 2.24. The monoisotopic (exact) mass is 450 g/mol. The van der Waals surface area contributed by atoms with Gasteiger partial charge in [-0.3, -0.25) is 0 Å². The lowest BCUT2D eigenvalue weighted by Crippen LogP contribution is -2.13. The van der Waals surface area contributed by atoms with E-state index in [-0.39, 0.29) is 0 Å². The van der Waals surface area contributed by atoms with Gasteiger partial charge in [-0.1, -0.05) is 98.8 Å². The summed E-state index contributed by atoms with van der Waals surface area (Å²) < 4.78 is 10.7. The highest BCUT2D eigenvalue weighted by Gasteiger charge is 2.11. The summed E-state index contributed by atoms with van der Waals surface area (Å²) in [6.07, 6.45) is 1.10. The lowest BCUT2D eigenvalue weighted by Gasteiger charge is -2.13. The average molecular weight is 451 g/mol. The van der Waals surface area contributed by atoms with E-state index in [4.69, 9.17) is 9.47 Å². The lowest BCUT2D eigenvalue weighted by molar-refractivity contribution is 0.152. The van der Waals surface area contributed by atoms with Crippen molar-refractivity contribution in [3.05, 3.63) is 131 Å². The normalized spacial score (nSPS) is 12.5. The molecule has 0 saturated carbocycles. The second-order valence-corrected chi connectivity index (χ2v) is 8.77. The average Bonchev–Trinajstić information content (AvgIpc) is 2.87. The Morgan fingerprint density at radius 2 is 0.912 bits per heavy atom. The molecule has 172 valence electrons. The summed E-state index contributed by atoms with van der Waals surface area (Å²) in [7, 11) is 0. The van der Waals surface area contributed by atoms with Crippen LogP contribution in [-0.2, 0) is 12.8 Å². The van der Waals surface area contributed by atoms with Crippen molar-refractivity contribution in [2.75, 3.05) is 0 Å². The molecule has 0 aliphatic carbocycles. The van der Waals surface area contributed by atoms with E-state index < -0.39 is 6.16 Å². The Hall–Kier alpha value is -3.85. The number of hydrogen-bond acceptors (Lipinski definition) is 3. The summed E-state index contributed by atoms with van der Waals surface area (Å²) in [5, 5.41) is 0. The summed E-state index contributed by atoms with van der Waals surface area (Å²) in [5.41, 5.74) is 5.01. The summed E-state index contributed by atoms with van der Waals surface area (Å²) in [6, 6.07) is 36.1. The molecule has 2 atom stereocenters. The molecule has 4 rings (SSSR count). The Morgan fingerprint density at radius 3 is 1.26 bits per heavy atom. The largest absolute Gasteiger partial charge is 0.519 e. The first-order valence-electron chi connectivity index (χ1n) is 11.7. The van der Waals surface area contributed by atoms with Crippen LogP contribution in [-0.4, -0.2) is 6.16 Å². The molecule has 0 saturated heterocycles. The third-order valence-corrected chi connectivity index (χ3v) is 6.07. The Labute approximate surface area is 202 Å². The third kappa shape index (κ3) is 6.58. The number of carbonyl (C=O) groups excluding carboxylic acids is 1. The smallest absolute Gasteiger partial charge is 0.395 e. The summed E-state index contributed by atoms with van der Waals surface area (Å²) in [6.45, 7) is 4.43. The Bertz CT molecular complexity index is 1070. The Morgan fingerprint density at radius 1 is 0.559 bits per heavy atom. The summed E-state index contributed by atoms with van der Waals surface area (Å²) in [5.74, 6) is 1.76. The maximum Gasteiger partial charge on any atom is 0.519 e. The molecule has 0 heterocycles. The van der Waals surface area contributed by atoms with Crippen molar-refractivity contribution >= 4 is 6.16 Å². The second-order valence-electron chi connectivity index (χ2n) is 8.77. The van der Waals surface area contributed by atoms with Gasteiger partial charge in [-0.2, -0.15) is 0 Å². The SMILES string of the molecule is CC(Cc1ccc(OC(=O)Oc2ccc(CC(C)c3ccccc3)cc2)cc1)c1ccccc1. The molecule has 0 fully saturated rings. The summed E-state index contributed by atoms with van der Waals surface area (Å²) >= 11 is 0. The van der Waals surface area contributed by atoms with Gasteiger partial charge in [0.05, 0.1) is 0 Å². The van der Waals surface area contributed by atoms with Crippen LogP contribution in [0, 0.1) is 0 Å². The van der Waals surface area contributed by atoms with Crippen molar-refractivity contribution in [2.24, 2.45) is 0 Å². The van der Waals surface area contributed by atoms with Gasteiger partial charge in [-0.05, 0) is 71.2 Å². The highest BCUT2D eigenvalue weighted by molar-refractivity contribution is 5.67. The minimum absolute atomic E-state index is 0.414. The number of rotatable bonds is 8. The zero-order valence-electron chi connectivity index (χ0n) is 19.7. The number of benzene rings is 4. The molecular weight excluding hydrogens is 420 g/mol. The molecule has 0 aliphatic rings. The van der Waals surface area contributed by atoms with E-state index in [9.17, 15) is 4.79 Å². The zero-order valence-corrected chi connectivity index (χ0v) is 19.7. The van der Waals surface area contributed by atoms with Crippen LogP contribution in [0.4, 0.5) is 4.79 Å². The first-order valence-corrected chi connectivity index (χ1v) is 11.7. The molecule has 0 spiro atoms. The minimum Gasteiger partial charge on any atom is -0.395 e. The molecule has 3 heteroatoms. The van der Waals surface area contributed by atoms with Crippen molar-refractivity contribution in [3.8, 4) is 11.5 Å². The number of carbonyl (C=O) groups is 1. The van der Waals surface area contributed by atoms with Gasteiger partial charge in [-0.25, -0.2) is 4.79 Å². The molecule has 34 heavy (non-hydrogen) atoms. The highest BCUT2D eigenvalue weighted by atomic mass is 16.7. The van der Waals surface area contributed by atoms with Crippen molar-refractivity contribution < 1.29 is 14.3 Å². The Balaban J connectivity index is 1.27. The minimum atomic E-state index is -0.740. The maximum absolute atomic E-state index is 12.2. The van der Waals surface area contributed by atoms with E-state index in [1.165, 1.54) is 22.3 Å². The predicted octanol–water partition coefficient (Wildman–Crippen LogP) is 7.96. The standard InChI is InChI=1S/C31H30O3/c1-23(27-9-5-3-6-10-27)21-25-13-17-29(18-14-25)33-31(32)34-30-19-15-26(16-20-30)22-24(2)28-11-7-4-8-12-28/h3-20,23-24H,21-22H2,1-2H3. The van der Waals surface area contributed by atoms with Gasteiger partial charge in [0.15, 0.2) is 0 Å². The van der Waals surface area contributed by atoms with E-state index in [1.54, 1.807) is 0 Å². The van der Waals surface area contributed by atoms with E-state index in [0.717, 1.165) is 12.8 Å². The van der Waals surface area contributed by atoms with Crippen LogP contribution in [0.3, 0.4) is 0 Å². The third-order valence-electron chi connectivity index (χ3n) is 6.07. The summed E-state index contributed by atoms with van der Waals surface area (Å²) in [4.78, 5) is 12.2. The van der Waals surface area contributed by atoms with Crippen LogP contribution in [0.25, 0.3) is 0 Å². The van der Waals surface area contributed by atoms with Gasteiger partial charge in [0.2, 0.25) is 0 Å². The fourth-order valence-electron chi connectivity index (χ4n) is 4.11. The van der Waals surface area contributed by atoms with Gasteiger partial charge in [0.25, 0.3) is 0 Å². The van der Waals surface area contributed by atoms with Crippen LogP contribution in [0.15, 0.2) is 109 Å². The number of hydrogen-bond donors (Lipinski definition) is 0. The van der Waals surface area contributed by atoms with Crippen LogP contribution < -0.4 is 9.47 Å². The Kier molecular flexibility index (Phi) is 7.77. The van der Waals surface area contributed by atoms with Gasteiger partial charge in [-0.15, -0.1) is 0 Å². The number of ether oxygens (including phenoxy) is 2. The van der Waals surface area contributed by atoms with Crippen LogP contribution in [0.5, 0.6) is 11.5 Å². The topological polar surface area (TPSA) is 35.5 Å². The molecule has 0 amide bonds. The van der Waals surface area contributed by atoms with E-state index in [0.29, 0.717) is 23.3 Å².